The van der Waals surface area contributed by atoms with Gasteiger partial charge in [0, 0.05) is 45.6 Å². The topological polar surface area (TPSA) is 63.5 Å². The number of nitrogens with one attached hydrogen (secondary N) is 2. The van der Waals surface area contributed by atoms with Crippen LogP contribution in [0.3, 0.4) is 0 Å². The molecule has 1 rings (SSSR count). The lowest BCUT2D eigenvalue weighted by Crippen LogP contribution is -2.38. The van der Waals surface area contributed by atoms with Gasteiger partial charge in [-0.3, -0.25) is 4.68 Å². The van der Waals surface area contributed by atoms with Crippen molar-refractivity contribution >= 4 is 5.96 Å². The SMILES string of the molecule is CCNC(=NCc1cn(C)nc1C(F)(F)F)NCCCOC. The van der Waals surface area contributed by atoms with Gasteiger partial charge in [0.1, 0.15) is 0 Å². The Balaban J connectivity index is 2.73. The third-order valence-electron chi connectivity index (χ3n) is 2.74. The predicted molar refractivity (Wildman–Crippen MR) is 77.5 cm³/mol. The van der Waals surface area contributed by atoms with Gasteiger partial charge in [0.15, 0.2) is 11.7 Å². The summed E-state index contributed by atoms with van der Waals surface area (Å²) >= 11 is 0. The smallest absolute Gasteiger partial charge is 0.385 e. The highest BCUT2D eigenvalue weighted by molar-refractivity contribution is 5.79. The molecule has 0 aliphatic heterocycles. The highest BCUT2D eigenvalue weighted by atomic mass is 19.4. The van der Waals surface area contributed by atoms with Crippen LogP contribution in [0.2, 0.25) is 0 Å². The van der Waals surface area contributed by atoms with Crippen LogP contribution in [-0.4, -0.2) is 42.5 Å². The van der Waals surface area contributed by atoms with E-state index in [1.54, 1.807) is 7.11 Å². The molecule has 0 unspecified atom stereocenters. The fraction of sp³-hybridized carbons (Fsp3) is 0.692. The molecule has 0 saturated carbocycles. The first-order valence-corrected chi connectivity index (χ1v) is 6.99. The minimum atomic E-state index is -4.48. The van der Waals surface area contributed by atoms with Crippen molar-refractivity contribution in [1.29, 1.82) is 0 Å². The van der Waals surface area contributed by atoms with Gasteiger partial charge in [-0.05, 0) is 13.3 Å². The van der Waals surface area contributed by atoms with Gasteiger partial charge < -0.3 is 15.4 Å². The fourth-order valence-electron chi connectivity index (χ4n) is 1.82. The number of hydrogen-bond acceptors (Lipinski definition) is 3. The van der Waals surface area contributed by atoms with Gasteiger partial charge in [0.2, 0.25) is 0 Å². The molecule has 0 radical (unpaired) electrons. The molecule has 0 fully saturated rings. The number of ether oxygens (including phenoxy) is 1. The van der Waals surface area contributed by atoms with Gasteiger partial charge in [-0.2, -0.15) is 18.3 Å². The lowest BCUT2D eigenvalue weighted by atomic mass is 10.2. The molecular weight excluding hydrogens is 299 g/mol. The predicted octanol–water partition coefficient (Wildman–Crippen LogP) is 1.53. The summed E-state index contributed by atoms with van der Waals surface area (Å²) in [5.41, 5.74) is -0.849. The van der Waals surface area contributed by atoms with Crippen molar-refractivity contribution in [3.63, 3.8) is 0 Å². The number of methoxy groups -OCH3 is 1. The van der Waals surface area contributed by atoms with Crippen LogP contribution in [-0.2, 0) is 24.5 Å². The molecule has 126 valence electrons. The minimum absolute atomic E-state index is 0.0455. The number of rotatable bonds is 7. The summed E-state index contributed by atoms with van der Waals surface area (Å²) in [6.45, 7) is 3.64. The van der Waals surface area contributed by atoms with Crippen molar-refractivity contribution in [2.45, 2.75) is 26.1 Å². The first-order valence-electron chi connectivity index (χ1n) is 6.99. The van der Waals surface area contributed by atoms with E-state index in [2.05, 4.69) is 20.7 Å². The van der Waals surface area contributed by atoms with E-state index < -0.39 is 11.9 Å². The number of aliphatic imine (C=N–C) groups is 1. The van der Waals surface area contributed by atoms with Gasteiger partial charge in [0.05, 0.1) is 6.54 Å². The Labute approximate surface area is 127 Å². The molecule has 22 heavy (non-hydrogen) atoms. The largest absolute Gasteiger partial charge is 0.435 e. The molecule has 0 amide bonds. The maximum absolute atomic E-state index is 12.9. The van der Waals surface area contributed by atoms with E-state index >= 15 is 0 Å². The van der Waals surface area contributed by atoms with E-state index in [4.69, 9.17) is 4.74 Å². The summed E-state index contributed by atoms with van der Waals surface area (Å²) in [6, 6.07) is 0. The van der Waals surface area contributed by atoms with Crippen molar-refractivity contribution in [2.24, 2.45) is 12.0 Å². The summed E-state index contributed by atoms with van der Waals surface area (Å²) in [4.78, 5) is 4.17. The zero-order valence-electron chi connectivity index (χ0n) is 13.0. The normalized spacial score (nSPS) is 12.5. The second-order valence-corrected chi connectivity index (χ2v) is 4.64. The molecule has 1 aromatic rings. The van der Waals surface area contributed by atoms with Gasteiger partial charge >= 0.3 is 6.18 Å². The molecule has 6 nitrogen and oxygen atoms in total. The Morgan fingerprint density at radius 2 is 2.14 bits per heavy atom. The third-order valence-corrected chi connectivity index (χ3v) is 2.74. The van der Waals surface area contributed by atoms with Crippen LogP contribution in [0.1, 0.15) is 24.6 Å². The number of guanidine groups is 1. The van der Waals surface area contributed by atoms with Crippen molar-refractivity contribution in [2.75, 3.05) is 26.8 Å². The van der Waals surface area contributed by atoms with Crippen LogP contribution in [0.4, 0.5) is 13.2 Å². The summed E-state index contributed by atoms with van der Waals surface area (Å²) in [5.74, 6) is 0.468. The molecule has 1 aromatic heterocycles. The van der Waals surface area contributed by atoms with Gasteiger partial charge in [-0.25, -0.2) is 4.99 Å². The maximum atomic E-state index is 12.9. The van der Waals surface area contributed by atoms with Gasteiger partial charge in [-0.15, -0.1) is 0 Å². The van der Waals surface area contributed by atoms with Crippen LogP contribution in [0, 0.1) is 0 Å². The van der Waals surface area contributed by atoms with Crippen LogP contribution >= 0.6 is 0 Å². The third kappa shape index (κ3) is 5.92. The fourth-order valence-corrected chi connectivity index (χ4v) is 1.82. The zero-order valence-corrected chi connectivity index (χ0v) is 13.0. The Morgan fingerprint density at radius 3 is 2.73 bits per heavy atom. The first kappa shape index (κ1) is 18.3. The van der Waals surface area contributed by atoms with Gasteiger partial charge in [0.25, 0.3) is 0 Å². The summed E-state index contributed by atoms with van der Waals surface area (Å²) < 4.78 is 44.6. The average Bonchev–Trinajstić information content (AvgIpc) is 2.82. The van der Waals surface area contributed by atoms with E-state index in [1.165, 1.54) is 13.2 Å². The van der Waals surface area contributed by atoms with E-state index in [0.29, 0.717) is 25.7 Å². The molecular formula is C13H22F3N5O. The molecule has 0 atom stereocenters. The van der Waals surface area contributed by atoms with Crippen LogP contribution in [0.5, 0.6) is 0 Å². The quantitative estimate of drug-likeness (QED) is 0.454. The monoisotopic (exact) mass is 321 g/mol. The summed E-state index contributed by atoms with van der Waals surface area (Å²) in [7, 11) is 3.07. The minimum Gasteiger partial charge on any atom is -0.385 e. The number of aryl methyl sites for hydroxylation is 1. The second-order valence-electron chi connectivity index (χ2n) is 4.64. The van der Waals surface area contributed by atoms with E-state index in [1.807, 2.05) is 6.92 Å². The molecule has 0 aromatic carbocycles. The van der Waals surface area contributed by atoms with Crippen molar-refractivity contribution < 1.29 is 17.9 Å². The molecule has 9 heteroatoms. The highest BCUT2D eigenvalue weighted by Crippen LogP contribution is 2.30. The maximum Gasteiger partial charge on any atom is 0.435 e. The number of aromatic nitrogens is 2. The zero-order chi connectivity index (χ0) is 16.6. The van der Waals surface area contributed by atoms with Crippen LogP contribution < -0.4 is 10.6 Å². The second kappa shape index (κ2) is 8.62. The van der Waals surface area contributed by atoms with Crippen LogP contribution in [0.25, 0.3) is 0 Å². The Morgan fingerprint density at radius 1 is 1.41 bits per heavy atom. The van der Waals surface area contributed by atoms with Crippen molar-refractivity contribution in [3.05, 3.63) is 17.5 Å². The standard InChI is InChI=1S/C13H22F3N5O/c1-4-17-12(18-6-5-7-22-3)19-8-10-9-21(2)20-11(10)13(14,15)16/h9H,4-8H2,1-3H3,(H2,17,18,19). The molecule has 0 spiro atoms. The van der Waals surface area contributed by atoms with Crippen molar-refractivity contribution in [1.82, 2.24) is 20.4 Å². The Kier molecular flexibility index (Phi) is 7.16. The van der Waals surface area contributed by atoms with Crippen molar-refractivity contribution in [3.8, 4) is 0 Å². The van der Waals surface area contributed by atoms with E-state index in [0.717, 1.165) is 11.1 Å². The highest BCUT2D eigenvalue weighted by Gasteiger charge is 2.36. The first-order chi connectivity index (χ1) is 10.4. The number of halogens is 3. The van der Waals surface area contributed by atoms with Crippen LogP contribution in [0.15, 0.2) is 11.2 Å². The summed E-state index contributed by atoms with van der Waals surface area (Å²) in [5, 5.41) is 9.48. The lowest BCUT2D eigenvalue weighted by Gasteiger charge is -2.11. The molecule has 2 N–H and O–H groups in total. The Hall–Kier alpha value is -1.77. The lowest BCUT2D eigenvalue weighted by molar-refractivity contribution is -0.142. The summed E-state index contributed by atoms with van der Waals surface area (Å²) in [6.07, 6.45) is -2.36. The number of hydrogen-bond donors (Lipinski definition) is 2. The number of nitrogens with zero attached hydrogens (tertiary/aromatic N) is 3. The Bertz CT molecular complexity index is 485. The van der Waals surface area contributed by atoms with E-state index in [9.17, 15) is 13.2 Å². The molecule has 1 heterocycles. The molecule has 0 aliphatic carbocycles. The molecule has 0 aliphatic rings. The molecule has 0 saturated heterocycles. The van der Waals surface area contributed by atoms with E-state index in [-0.39, 0.29) is 12.1 Å². The number of alkyl halides is 3. The van der Waals surface area contributed by atoms with Gasteiger partial charge in [-0.1, -0.05) is 0 Å². The average molecular weight is 321 g/mol. The molecule has 0 bridgehead atoms.